The van der Waals surface area contributed by atoms with Crippen molar-refractivity contribution in [3.63, 3.8) is 0 Å². The van der Waals surface area contributed by atoms with Crippen molar-refractivity contribution in [1.82, 2.24) is 4.90 Å². The van der Waals surface area contributed by atoms with Crippen molar-refractivity contribution in [2.75, 3.05) is 6.54 Å². The van der Waals surface area contributed by atoms with Crippen LogP contribution in [0.4, 0.5) is 0 Å². The molecule has 0 unspecified atom stereocenters. The summed E-state index contributed by atoms with van der Waals surface area (Å²) in [6.45, 7) is 8.81. The molecule has 2 aromatic rings. The minimum absolute atomic E-state index is 0.0341. The first-order valence-corrected chi connectivity index (χ1v) is 7.84. The molecule has 0 spiro atoms. The Balaban J connectivity index is 2.08. The topological polar surface area (TPSA) is 20.3 Å². The Hall–Kier alpha value is -2.61. The lowest BCUT2D eigenvalue weighted by Gasteiger charge is -2.23. The summed E-state index contributed by atoms with van der Waals surface area (Å²) >= 11 is 0. The highest BCUT2D eigenvalue weighted by Crippen LogP contribution is 2.22. The summed E-state index contributed by atoms with van der Waals surface area (Å²) in [5, 5.41) is 0. The second kappa shape index (κ2) is 8.74. The van der Waals surface area contributed by atoms with Gasteiger partial charge in [0.25, 0.3) is 0 Å². The van der Waals surface area contributed by atoms with Crippen LogP contribution in [0.3, 0.4) is 0 Å². The van der Waals surface area contributed by atoms with E-state index < -0.39 is 0 Å². The number of nitrogens with zero attached hydrogens (tertiary/aromatic N) is 1. The molecule has 0 heterocycles. The van der Waals surface area contributed by atoms with Crippen molar-refractivity contribution in [2.45, 2.75) is 18.9 Å². The highest BCUT2D eigenvalue weighted by molar-refractivity contribution is 5.77. The van der Waals surface area contributed by atoms with Gasteiger partial charge in [0.05, 0.1) is 0 Å². The molecule has 2 heteroatoms. The summed E-state index contributed by atoms with van der Waals surface area (Å²) in [4.78, 5) is 14.5. The lowest BCUT2D eigenvalue weighted by Crippen LogP contribution is -2.31. The van der Waals surface area contributed by atoms with Crippen LogP contribution in [0.15, 0.2) is 86.0 Å². The number of carbonyl (C=O) groups is 1. The predicted molar refractivity (Wildman–Crippen MR) is 96.1 cm³/mol. The van der Waals surface area contributed by atoms with E-state index in [1.54, 1.807) is 6.08 Å². The molecule has 0 aliphatic carbocycles. The minimum atomic E-state index is 0.0341. The molecule has 0 bridgehead atoms. The normalized spacial score (nSPS) is 11.5. The molecule has 0 N–H and O–H groups in total. The summed E-state index contributed by atoms with van der Waals surface area (Å²) in [6.07, 6.45) is 4.04. The van der Waals surface area contributed by atoms with Crippen molar-refractivity contribution in [2.24, 2.45) is 0 Å². The molecule has 0 saturated heterocycles. The standard InChI is InChI=1S/C21H23NO/c1-3-15-22(17-18-11-7-5-8-12-18)21(23)16-19(4-2)20-13-9-6-10-14-20/h3-14,19H,1-2,15-17H2/t19-/m1/s1. The average molecular weight is 305 g/mol. The van der Waals surface area contributed by atoms with Gasteiger partial charge in [-0.25, -0.2) is 0 Å². The van der Waals surface area contributed by atoms with E-state index >= 15 is 0 Å². The van der Waals surface area contributed by atoms with Crippen molar-refractivity contribution in [3.8, 4) is 0 Å². The van der Waals surface area contributed by atoms with E-state index in [9.17, 15) is 4.79 Å². The summed E-state index contributed by atoms with van der Waals surface area (Å²) in [5.41, 5.74) is 2.24. The molecule has 23 heavy (non-hydrogen) atoms. The second-order valence-corrected chi connectivity index (χ2v) is 5.51. The molecule has 0 aromatic heterocycles. The van der Waals surface area contributed by atoms with Crippen LogP contribution in [-0.4, -0.2) is 17.4 Å². The number of hydrogen-bond acceptors (Lipinski definition) is 1. The van der Waals surface area contributed by atoms with Gasteiger partial charge in [0.2, 0.25) is 5.91 Å². The van der Waals surface area contributed by atoms with Crippen LogP contribution in [0.2, 0.25) is 0 Å². The highest BCUT2D eigenvalue weighted by Gasteiger charge is 2.18. The van der Waals surface area contributed by atoms with Crippen LogP contribution >= 0.6 is 0 Å². The van der Waals surface area contributed by atoms with Crippen LogP contribution in [0, 0.1) is 0 Å². The quantitative estimate of drug-likeness (QED) is 0.655. The lowest BCUT2D eigenvalue weighted by atomic mass is 9.95. The maximum atomic E-state index is 12.7. The van der Waals surface area contributed by atoms with Gasteiger partial charge in [0, 0.05) is 25.4 Å². The minimum Gasteiger partial charge on any atom is -0.335 e. The van der Waals surface area contributed by atoms with Crippen LogP contribution in [0.1, 0.15) is 23.5 Å². The molecule has 1 amide bonds. The smallest absolute Gasteiger partial charge is 0.224 e. The van der Waals surface area contributed by atoms with E-state index in [0.29, 0.717) is 19.5 Å². The van der Waals surface area contributed by atoms with Gasteiger partial charge in [-0.1, -0.05) is 72.8 Å². The van der Waals surface area contributed by atoms with E-state index in [4.69, 9.17) is 0 Å². The zero-order chi connectivity index (χ0) is 16.5. The molecule has 0 aliphatic heterocycles. The third-order valence-electron chi connectivity index (χ3n) is 3.83. The van der Waals surface area contributed by atoms with Gasteiger partial charge in [0.1, 0.15) is 0 Å². The third-order valence-corrected chi connectivity index (χ3v) is 3.83. The van der Waals surface area contributed by atoms with E-state index in [-0.39, 0.29) is 11.8 Å². The molecule has 0 saturated carbocycles. The monoisotopic (exact) mass is 305 g/mol. The Morgan fingerprint density at radius 3 is 2.17 bits per heavy atom. The van der Waals surface area contributed by atoms with Gasteiger partial charge in [-0.05, 0) is 11.1 Å². The Labute approximate surface area is 138 Å². The largest absolute Gasteiger partial charge is 0.335 e. The number of rotatable bonds is 8. The van der Waals surface area contributed by atoms with Crippen molar-refractivity contribution < 1.29 is 4.79 Å². The Bertz CT molecular complexity index is 633. The van der Waals surface area contributed by atoms with Crippen LogP contribution in [-0.2, 0) is 11.3 Å². The molecule has 118 valence electrons. The first kappa shape index (κ1) is 16.8. The number of benzene rings is 2. The molecule has 0 aliphatic rings. The zero-order valence-electron chi connectivity index (χ0n) is 13.4. The van der Waals surface area contributed by atoms with Crippen molar-refractivity contribution in [1.29, 1.82) is 0 Å². The second-order valence-electron chi connectivity index (χ2n) is 5.51. The van der Waals surface area contributed by atoms with Crippen LogP contribution in [0.25, 0.3) is 0 Å². The van der Waals surface area contributed by atoms with E-state index in [1.165, 1.54) is 0 Å². The average Bonchev–Trinajstić information content (AvgIpc) is 2.60. The van der Waals surface area contributed by atoms with Gasteiger partial charge in [-0.2, -0.15) is 0 Å². The highest BCUT2D eigenvalue weighted by atomic mass is 16.2. The van der Waals surface area contributed by atoms with Crippen LogP contribution in [0.5, 0.6) is 0 Å². The molecule has 1 atom stereocenters. The lowest BCUT2D eigenvalue weighted by molar-refractivity contribution is -0.131. The van der Waals surface area contributed by atoms with Gasteiger partial charge in [-0.3, -0.25) is 4.79 Å². The van der Waals surface area contributed by atoms with Gasteiger partial charge < -0.3 is 4.90 Å². The number of allylic oxidation sites excluding steroid dienone is 1. The zero-order valence-corrected chi connectivity index (χ0v) is 13.4. The predicted octanol–water partition coefficient (Wildman–Crippen LogP) is 4.56. The fourth-order valence-electron chi connectivity index (χ4n) is 2.57. The van der Waals surface area contributed by atoms with Gasteiger partial charge >= 0.3 is 0 Å². The van der Waals surface area contributed by atoms with E-state index in [1.807, 2.05) is 71.6 Å². The fraction of sp³-hybridized carbons (Fsp3) is 0.190. The molecule has 0 radical (unpaired) electrons. The maximum Gasteiger partial charge on any atom is 0.224 e. The van der Waals surface area contributed by atoms with Gasteiger partial charge in [0.15, 0.2) is 0 Å². The molecule has 2 nitrogen and oxygen atoms in total. The molecular formula is C21H23NO. The van der Waals surface area contributed by atoms with Crippen molar-refractivity contribution >= 4 is 5.91 Å². The Kier molecular flexibility index (Phi) is 6.37. The maximum absolute atomic E-state index is 12.7. The Morgan fingerprint density at radius 2 is 1.61 bits per heavy atom. The summed E-state index contributed by atoms with van der Waals surface area (Å²) < 4.78 is 0. The molecule has 2 rings (SSSR count). The number of amides is 1. The summed E-state index contributed by atoms with van der Waals surface area (Å²) in [6, 6.07) is 20.0. The first-order chi connectivity index (χ1) is 11.2. The van der Waals surface area contributed by atoms with E-state index in [0.717, 1.165) is 11.1 Å². The van der Waals surface area contributed by atoms with Gasteiger partial charge in [-0.15, -0.1) is 13.2 Å². The fourth-order valence-corrected chi connectivity index (χ4v) is 2.57. The SMILES string of the molecule is C=CCN(Cc1ccccc1)C(=O)C[C@@H](C=C)c1ccccc1. The van der Waals surface area contributed by atoms with Crippen LogP contribution < -0.4 is 0 Å². The van der Waals surface area contributed by atoms with Crippen molar-refractivity contribution in [3.05, 3.63) is 97.1 Å². The number of carbonyl (C=O) groups excluding carboxylic acids is 1. The third kappa shape index (κ3) is 4.96. The molecule has 2 aromatic carbocycles. The molecular weight excluding hydrogens is 282 g/mol. The number of hydrogen-bond donors (Lipinski definition) is 0. The Morgan fingerprint density at radius 1 is 1.00 bits per heavy atom. The summed E-state index contributed by atoms with van der Waals surface area (Å²) in [5.74, 6) is 0.147. The van der Waals surface area contributed by atoms with E-state index in [2.05, 4.69) is 13.2 Å². The first-order valence-electron chi connectivity index (χ1n) is 7.84. The summed E-state index contributed by atoms with van der Waals surface area (Å²) in [7, 11) is 0. The molecule has 0 fully saturated rings.